The fourth-order valence-corrected chi connectivity index (χ4v) is 4.67. The van der Waals surface area contributed by atoms with Gasteiger partial charge in [-0.1, -0.05) is 6.58 Å². The fraction of sp³-hybridized carbons (Fsp3) is 0.400. The van der Waals surface area contributed by atoms with Crippen LogP contribution in [0.15, 0.2) is 46.7 Å². The maximum absolute atomic E-state index is 12.9. The topological polar surface area (TPSA) is 79.9 Å². The average molecular weight is 406 g/mol. The molecule has 2 aliphatic heterocycles. The van der Waals surface area contributed by atoms with Crippen LogP contribution >= 0.6 is 0 Å². The lowest BCUT2D eigenvalue weighted by Gasteiger charge is -2.30. The van der Waals surface area contributed by atoms with E-state index in [2.05, 4.69) is 16.6 Å². The highest BCUT2D eigenvalue weighted by Gasteiger charge is 2.29. The lowest BCUT2D eigenvalue weighted by atomic mass is 9.95. The van der Waals surface area contributed by atoms with E-state index in [1.807, 2.05) is 31.9 Å². The summed E-state index contributed by atoms with van der Waals surface area (Å²) < 4.78 is 39.4. The number of hydrogen-bond acceptors (Lipinski definition) is 6. The molecule has 0 unspecified atom stereocenters. The molecule has 0 bridgehead atoms. The second kappa shape index (κ2) is 7.62. The highest BCUT2D eigenvalue weighted by atomic mass is 32.2. The summed E-state index contributed by atoms with van der Waals surface area (Å²) >= 11 is 0. The summed E-state index contributed by atoms with van der Waals surface area (Å²) in [5.41, 5.74) is 4.64. The zero-order chi connectivity index (χ0) is 20.6. The van der Waals surface area contributed by atoms with Gasteiger partial charge in [0, 0.05) is 54.8 Å². The van der Waals surface area contributed by atoms with Crippen LogP contribution in [0.5, 0.6) is 11.5 Å². The second-order valence-electron chi connectivity index (χ2n) is 7.01. The highest BCUT2D eigenvalue weighted by molar-refractivity contribution is 7.89. The number of hydrogen-bond donors (Lipinski definition) is 2. The standard InChI is InChI=1S/C20H27N3O4S/c1-12-7-16(14(3)23(4)13(12)2)17-8-19(27-6)20(9-18(17)26-5)28(24,25)22-15-10-21-11-15/h7-9,15,21-22H,2,10-11H2,1,3-6H3. The molecular formula is C20H27N3O4S. The third-order valence-corrected chi connectivity index (χ3v) is 6.82. The number of rotatable bonds is 6. The van der Waals surface area contributed by atoms with E-state index in [1.165, 1.54) is 20.3 Å². The first-order valence-electron chi connectivity index (χ1n) is 9.01. The molecule has 1 saturated heterocycles. The predicted molar refractivity (Wildman–Crippen MR) is 110 cm³/mol. The number of benzene rings is 1. The Morgan fingerprint density at radius 2 is 1.82 bits per heavy atom. The third-order valence-electron chi connectivity index (χ3n) is 5.28. The quantitative estimate of drug-likeness (QED) is 0.755. The maximum Gasteiger partial charge on any atom is 0.244 e. The molecule has 0 amide bonds. The lowest BCUT2D eigenvalue weighted by Crippen LogP contribution is -2.56. The molecule has 1 aromatic carbocycles. The smallest absolute Gasteiger partial charge is 0.244 e. The number of nitrogens with one attached hydrogen (secondary N) is 2. The molecule has 3 rings (SSSR count). The number of nitrogens with zero attached hydrogens (tertiary/aromatic N) is 1. The summed E-state index contributed by atoms with van der Waals surface area (Å²) in [5, 5.41) is 3.05. The first-order chi connectivity index (χ1) is 13.2. The van der Waals surface area contributed by atoms with Gasteiger partial charge in [0.15, 0.2) is 0 Å². The van der Waals surface area contributed by atoms with Gasteiger partial charge in [-0.3, -0.25) is 0 Å². The number of ether oxygens (including phenoxy) is 2. The zero-order valence-corrected chi connectivity index (χ0v) is 17.7. The Bertz CT molecular complexity index is 975. The Labute approximate surface area is 166 Å². The van der Waals surface area contributed by atoms with Gasteiger partial charge in [0.25, 0.3) is 0 Å². The third kappa shape index (κ3) is 3.55. The second-order valence-corrected chi connectivity index (χ2v) is 8.69. The Balaban J connectivity index is 2.13. The van der Waals surface area contributed by atoms with Crippen molar-refractivity contribution in [2.45, 2.75) is 24.8 Å². The zero-order valence-electron chi connectivity index (χ0n) is 16.9. The average Bonchev–Trinajstić information content (AvgIpc) is 2.65. The molecular weight excluding hydrogens is 378 g/mol. The molecule has 0 aliphatic carbocycles. The number of methoxy groups -OCH3 is 2. The Hall–Kier alpha value is -2.29. The monoisotopic (exact) mass is 405 g/mol. The van der Waals surface area contributed by atoms with Crippen molar-refractivity contribution < 1.29 is 17.9 Å². The van der Waals surface area contributed by atoms with Gasteiger partial charge in [0.1, 0.15) is 16.4 Å². The Kier molecular flexibility index (Phi) is 5.56. The van der Waals surface area contributed by atoms with E-state index in [4.69, 9.17) is 9.47 Å². The van der Waals surface area contributed by atoms with Gasteiger partial charge in [-0.2, -0.15) is 0 Å². The minimum absolute atomic E-state index is 0.0648. The van der Waals surface area contributed by atoms with Crippen molar-refractivity contribution in [3.63, 3.8) is 0 Å². The van der Waals surface area contributed by atoms with Crippen molar-refractivity contribution in [2.75, 3.05) is 34.4 Å². The minimum atomic E-state index is -3.74. The molecule has 8 heteroatoms. The van der Waals surface area contributed by atoms with Crippen LogP contribution < -0.4 is 19.5 Å². The molecule has 0 saturated carbocycles. The number of likely N-dealkylation sites (N-methyl/N-ethyl adjacent to an activating group) is 1. The van der Waals surface area contributed by atoms with E-state index in [0.29, 0.717) is 18.8 Å². The van der Waals surface area contributed by atoms with Crippen LogP contribution in [0.1, 0.15) is 19.4 Å². The summed E-state index contributed by atoms with van der Waals surface area (Å²) in [5.74, 6) is 0.737. The van der Waals surface area contributed by atoms with Crippen LogP contribution in [0.3, 0.4) is 0 Å². The Morgan fingerprint density at radius 3 is 2.36 bits per heavy atom. The molecule has 0 spiro atoms. The maximum atomic E-state index is 12.9. The lowest BCUT2D eigenvalue weighted by molar-refractivity contribution is 0.387. The van der Waals surface area contributed by atoms with Crippen LogP contribution in [0, 0.1) is 0 Å². The summed E-state index contributed by atoms with van der Waals surface area (Å²) in [4.78, 5) is 2.07. The molecule has 0 radical (unpaired) electrons. The van der Waals surface area contributed by atoms with Crippen LogP contribution in [0.25, 0.3) is 5.57 Å². The summed E-state index contributed by atoms with van der Waals surface area (Å²) in [6, 6.07) is 3.13. The minimum Gasteiger partial charge on any atom is -0.496 e. The van der Waals surface area contributed by atoms with Crippen LogP contribution in [-0.4, -0.2) is 53.7 Å². The molecule has 2 N–H and O–H groups in total. The molecule has 7 nitrogen and oxygen atoms in total. The molecule has 152 valence electrons. The van der Waals surface area contributed by atoms with E-state index in [1.54, 1.807) is 6.07 Å². The highest BCUT2D eigenvalue weighted by Crippen LogP contribution is 2.40. The first kappa shape index (κ1) is 20.4. The van der Waals surface area contributed by atoms with Crippen LogP contribution in [-0.2, 0) is 10.0 Å². The summed E-state index contributed by atoms with van der Waals surface area (Å²) in [6.07, 6.45) is 2.03. The number of sulfonamides is 1. The molecule has 0 atom stereocenters. The van der Waals surface area contributed by atoms with Crippen molar-refractivity contribution in [1.82, 2.24) is 14.9 Å². The number of allylic oxidation sites excluding steroid dienone is 4. The van der Waals surface area contributed by atoms with Gasteiger partial charge in [0.05, 0.1) is 14.2 Å². The van der Waals surface area contributed by atoms with Gasteiger partial charge in [0.2, 0.25) is 10.0 Å². The van der Waals surface area contributed by atoms with E-state index in [9.17, 15) is 8.42 Å². The molecule has 0 aromatic heterocycles. The van der Waals surface area contributed by atoms with Crippen molar-refractivity contribution in [1.29, 1.82) is 0 Å². The molecule has 2 aliphatic rings. The van der Waals surface area contributed by atoms with Gasteiger partial charge < -0.3 is 19.7 Å². The largest absolute Gasteiger partial charge is 0.496 e. The summed E-state index contributed by atoms with van der Waals surface area (Å²) in [6.45, 7) is 9.30. The molecule has 1 fully saturated rings. The predicted octanol–water partition coefficient (Wildman–Crippen LogP) is 2.09. The van der Waals surface area contributed by atoms with Crippen molar-refractivity contribution >= 4 is 15.6 Å². The molecule has 2 heterocycles. The van der Waals surface area contributed by atoms with E-state index in [-0.39, 0.29) is 16.7 Å². The van der Waals surface area contributed by atoms with E-state index in [0.717, 1.165) is 28.1 Å². The van der Waals surface area contributed by atoms with Gasteiger partial charge >= 0.3 is 0 Å². The van der Waals surface area contributed by atoms with Crippen molar-refractivity contribution in [3.05, 3.63) is 47.3 Å². The fourth-order valence-electron chi connectivity index (χ4n) is 3.27. The van der Waals surface area contributed by atoms with Crippen LogP contribution in [0.4, 0.5) is 0 Å². The van der Waals surface area contributed by atoms with Crippen molar-refractivity contribution in [2.24, 2.45) is 0 Å². The molecule has 28 heavy (non-hydrogen) atoms. The molecule has 1 aromatic rings. The van der Waals surface area contributed by atoms with Gasteiger partial charge in [-0.25, -0.2) is 13.1 Å². The Morgan fingerprint density at radius 1 is 1.18 bits per heavy atom. The van der Waals surface area contributed by atoms with Crippen molar-refractivity contribution in [3.8, 4) is 11.5 Å². The SMILES string of the molecule is C=C1C(C)=CC(c2cc(OC)c(S(=O)(=O)NC3CNC3)cc2OC)=C(C)N1C. The summed E-state index contributed by atoms with van der Waals surface area (Å²) in [7, 11) is 1.21. The van der Waals surface area contributed by atoms with E-state index >= 15 is 0 Å². The first-order valence-corrected chi connectivity index (χ1v) is 10.5. The van der Waals surface area contributed by atoms with Crippen LogP contribution in [0.2, 0.25) is 0 Å². The van der Waals surface area contributed by atoms with E-state index < -0.39 is 10.0 Å². The normalized spacial score (nSPS) is 18.1. The van der Waals surface area contributed by atoms with Gasteiger partial charge in [-0.15, -0.1) is 0 Å². The van der Waals surface area contributed by atoms with Gasteiger partial charge in [-0.05, 0) is 31.6 Å².